The van der Waals surface area contributed by atoms with Crippen LogP contribution in [0.15, 0.2) is 36.4 Å². The molecule has 2 fully saturated rings. The van der Waals surface area contributed by atoms with Crippen molar-refractivity contribution in [3.8, 4) is 6.07 Å². The molecule has 172 valence electrons. The van der Waals surface area contributed by atoms with Crippen molar-refractivity contribution in [3.05, 3.63) is 62.6 Å². The Labute approximate surface area is 216 Å². The van der Waals surface area contributed by atoms with Crippen LogP contribution in [0, 0.1) is 16.7 Å². The van der Waals surface area contributed by atoms with Gasteiger partial charge in [-0.3, -0.25) is 4.79 Å². The van der Waals surface area contributed by atoms with Crippen molar-refractivity contribution in [2.45, 2.75) is 35.1 Å². The van der Waals surface area contributed by atoms with E-state index in [4.69, 9.17) is 58.0 Å². The minimum Gasteiger partial charge on any atom is -0.384 e. The maximum Gasteiger partial charge on any atom is 0.254 e. The van der Waals surface area contributed by atoms with Gasteiger partial charge in [0.25, 0.3) is 5.91 Å². The Kier molecular flexibility index (Phi) is 6.54. The smallest absolute Gasteiger partial charge is 0.254 e. The standard InChI is InChI=1S/C23H18Cl5N3O2/c24-16-5-3-14(9-15(16)20(33)31-21(10-29)6-1-7-21)30-11-22(12-32)19(23(22,27)28)13-2-4-17(25)18(26)8-13/h2-5,8-9,12,19,30H,1,6-7,11H2,(H,31,33). The van der Waals surface area contributed by atoms with Crippen LogP contribution >= 0.6 is 58.0 Å². The van der Waals surface area contributed by atoms with Crippen molar-refractivity contribution in [1.82, 2.24) is 5.32 Å². The molecule has 1 amide bonds. The average molecular weight is 546 g/mol. The summed E-state index contributed by atoms with van der Waals surface area (Å²) in [5.41, 5.74) is -0.491. The van der Waals surface area contributed by atoms with Gasteiger partial charge in [-0.05, 0) is 55.2 Å². The van der Waals surface area contributed by atoms with Gasteiger partial charge in [-0.2, -0.15) is 5.26 Å². The monoisotopic (exact) mass is 543 g/mol. The Hall–Kier alpha value is -1.68. The number of nitrogens with one attached hydrogen (secondary N) is 2. The number of halogens is 5. The van der Waals surface area contributed by atoms with Crippen LogP contribution in [0.4, 0.5) is 5.69 Å². The van der Waals surface area contributed by atoms with Crippen LogP contribution < -0.4 is 10.6 Å². The van der Waals surface area contributed by atoms with Crippen LogP contribution in [-0.2, 0) is 4.79 Å². The lowest BCUT2D eigenvalue weighted by molar-refractivity contribution is -0.112. The Morgan fingerprint density at radius 2 is 1.79 bits per heavy atom. The summed E-state index contributed by atoms with van der Waals surface area (Å²) >= 11 is 31.4. The molecular weight excluding hydrogens is 528 g/mol. The fraction of sp³-hybridized carbons (Fsp3) is 0.348. The molecule has 0 spiro atoms. The average Bonchev–Trinajstić information content (AvgIpc) is 3.26. The van der Waals surface area contributed by atoms with Gasteiger partial charge in [-0.1, -0.05) is 64.1 Å². The summed E-state index contributed by atoms with van der Waals surface area (Å²) in [6, 6.07) is 12.0. The largest absolute Gasteiger partial charge is 0.384 e. The maximum absolute atomic E-state index is 12.8. The fourth-order valence-corrected chi connectivity index (χ4v) is 5.70. The first-order valence-electron chi connectivity index (χ1n) is 10.2. The van der Waals surface area contributed by atoms with E-state index in [-0.39, 0.29) is 17.1 Å². The molecule has 2 aliphatic rings. The lowest BCUT2D eigenvalue weighted by Gasteiger charge is -2.35. The molecule has 0 saturated heterocycles. The predicted octanol–water partition coefficient (Wildman–Crippen LogP) is 6.39. The minimum atomic E-state index is -1.35. The molecular formula is C23H18Cl5N3O2. The number of carbonyl (C=O) groups is 2. The zero-order valence-corrected chi connectivity index (χ0v) is 20.9. The van der Waals surface area contributed by atoms with Gasteiger partial charge >= 0.3 is 0 Å². The van der Waals surface area contributed by atoms with Gasteiger partial charge in [-0.25, -0.2) is 0 Å². The molecule has 2 atom stereocenters. The quantitative estimate of drug-likeness (QED) is 0.312. The third-order valence-electron chi connectivity index (χ3n) is 6.47. The van der Waals surface area contributed by atoms with E-state index in [1.54, 1.807) is 36.4 Å². The van der Waals surface area contributed by atoms with Gasteiger partial charge in [0.05, 0.1) is 32.1 Å². The Bertz CT molecular complexity index is 1180. The van der Waals surface area contributed by atoms with Crippen molar-refractivity contribution in [3.63, 3.8) is 0 Å². The Morgan fingerprint density at radius 3 is 2.36 bits per heavy atom. The second-order valence-electron chi connectivity index (χ2n) is 8.44. The van der Waals surface area contributed by atoms with Gasteiger partial charge in [0.2, 0.25) is 0 Å². The number of anilines is 1. The number of rotatable bonds is 7. The van der Waals surface area contributed by atoms with Crippen LogP contribution in [0.2, 0.25) is 15.1 Å². The summed E-state index contributed by atoms with van der Waals surface area (Å²) in [5.74, 6) is -0.934. The zero-order chi connectivity index (χ0) is 24.0. The molecule has 10 heteroatoms. The molecule has 2 saturated carbocycles. The third kappa shape index (κ3) is 4.17. The van der Waals surface area contributed by atoms with Gasteiger partial charge in [0, 0.05) is 18.2 Å². The topological polar surface area (TPSA) is 82.0 Å². The fourth-order valence-electron chi connectivity index (χ4n) is 4.22. The molecule has 0 aliphatic heterocycles. The van der Waals surface area contributed by atoms with E-state index in [0.717, 1.165) is 12.7 Å². The first-order chi connectivity index (χ1) is 15.6. The molecule has 2 N–H and O–H groups in total. The SMILES string of the molecule is N#CC1(NC(=O)c2cc(NCC3(C=O)C(c4ccc(Cl)c(Cl)c4)C3(Cl)Cl)ccc2Cl)CCC1. The first kappa shape index (κ1) is 24.4. The van der Waals surface area contributed by atoms with E-state index in [1.807, 2.05) is 0 Å². The van der Waals surface area contributed by atoms with Crippen molar-refractivity contribution < 1.29 is 9.59 Å². The van der Waals surface area contributed by atoms with Crippen molar-refractivity contribution in [2.24, 2.45) is 5.41 Å². The number of hydrogen-bond donors (Lipinski definition) is 2. The van der Waals surface area contributed by atoms with Crippen molar-refractivity contribution >= 4 is 75.9 Å². The van der Waals surface area contributed by atoms with Gasteiger partial charge in [0.15, 0.2) is 0 Å². The van der Waals surface area contributed by atoms with Crippen LogP contribution in [0.5, 0.6) is 0 Å². The normalized spacial score (nSPS) is 24.2. The number of alkyl halides is 2. The van der Waals surface area contributed by atoms with E-state index in [0.29, 0.717) is 34.1 Å². The summed E-state index contributed by atoms with van der Waals surface area (Å²) < 4.78 is -1.35. The van der Waals surface area contributed by atoms with E-state index in [9.17, 15) is 14.9 Å². The van der Waals surface area contributed by atoms with Crippen LogP contribution in [0.3, 0.4) is 0 Å². The van der Waals surface area contributed by atoms with Crippen LogP contribution in [-0.4, -0.2) is 28.6 Å². The molecule has 0 bridgehead atoms. The molecule has 2 unspecified atom stereocenters. The highest BCUT2D eigenvalue weighted by Crippen LogP contribution is 2.73. The number of carbonyl (C=O) groups excluding carboxylic acids is 2. The zero-order valence-electron chi connectivity index (χ0n) is 17.1. The second kappa shape index (κ2) is 8.83. The highest BCUT2D eigenvalue weighted by Gasteiger charge is 2.76. The molecule has 4 rings (SSSR count). The lowest BCUT2D eigenvalue weighted by Crippen LogP contribution is -2.52. The van der Waals surface area contributed by atoms with Crippen molar-refractivity contribution in [2.75, 3.05) is 11.9 Å². The molecule has 0 heterocycles. The van der Waals surface area contributed by atoms with Crippen LogP contribution in [0.25, 0.3) is 0 Å². The number of nitriles is 1. The van der Waals surface area contributed by atoms with Gasteiger partial charge in [0.1, 0.15) is 16.2 Å². The molecule has 2 aromatic carbocycles. The maximum atomic E-state index is 12.8. The van der Waals surface area contributed by atoms with E-state index in [2.05, 4.69) is 16.7 Å². The molecule has 0 aromatic heterocycles. The summed E-state index contributed by atoms with van der Waals surface area (Å²) in [6.45, 7) is 0.110. The highest BCUT2D eigenvalue weighted by molar-refractivity contribution is 6.54. The molecule has 0 radical (unpaired) electrons. The highest BCUT2D eigenvalue weighted by atomic mass is 35.5. The summed E-state index contributed by atoms with van der Waals surface area (Å²) in [7, 11) is 0. The number of hydrogen-bond acceptors (Lipinski definition) is 4. The van der Waals surface area contributed by atoms with Crippen LogP contribution in [0.1, 0.15) is 41.1 Å². The first-order valence-corrected chi connectivity index (χ1v) is 12.0. The third-order valence-corrected chi connectivity index (χ3v) is 8.68. The molecule has 33 heavy (non-hydrogen) atoms. The lowest BCUT2D eigenvalue weighted by atomic mass is 9.78. The molecule has 2 aromatic rings. The van der Waals surface area contributed by atoms with Gasteiger partial charge < -0.3 is 15.4 Å². The predicted molar refractivity (Wildman–Crippen MR) is 132 cm³/mol. The minimum absolute atomic E-state index is 0.110. The van der Waals surface area contributed by atoms with Crippen molar-refractivity contribution in [1.29, 1.82) is 5.26 Å². The number of nitrogens with zero attached hydrogens (tertiary/aromatic N) is 1. The summed E-state index contributed by atoms with van der Waals surface area (Å²) in [5, 5.41) is 16.3. The van der Waals surface area contributed by atoms with E-state index in [1.165, 1.54) is 0 Å². The van der Waals surface area contributed by atoms with Gasteiger partial charge in [-0.15, -0.1) is 0 Å². The Balaban J connectivity index is 1.53. The number of benzene rings is 2. The molecule has 5 nitrogen and oxygen atoms in total. The number of aldehydes is 1. The second-order valence-corrected chi connectivity index (χ2v) is 11.0. The summed E-state index contributed by atoms with van der Waals surface area (Å²) in [6.07, 6.45) is 2.84. The Morgan fingerprint density at radius 1 is 1.09 bits per heavy atom. The molecule has 2 aliphatic carbocycles. The summed E-state index contributed by atoms with van der Waals surface area (Å²) in [4.78, 5) is 24.9. The van der Waals surface area contributed by atoms with E-state index >= 15 is 0 Å². The number of amides is 1. The van der Waals surface area contributed by atoms with E-state index < -0.39 is 27.1 Å².